The first-order chi connectivity index (χ1) is 7.15. The molecule has 98 valence electrons. The molecule has 9 heteroatoms. The Morgan fingerprint density at radius 1 is 1.50 bits per heavy atom. The molecule has 1 amide bonds. The highest BCUT2D eigenvalue weighted by atomic mass is 32.3. The van der Waals surface area contributed by atoms with Crippen molar-refractivity contribution in [2.45, 2.75) is 20.1 Å². The summed E-state index contributed by atoms with van der Waals surface area (Å²) in [6.45, 7) is 3.54. The van der Waals surface area contributed by atoms with Crippen molar-refractivity contribution in [3.05, 3.63) is 0 Å². The standard InChI is InChI=1S/C6H13NO3.CH4O4S/c1-4-10-6(9)7(3)5(2)8;1-5-6(2,3)4/h5,8H,4H2,1-3H3;1H3,(H,2,3,4). The number of hydrogen-bond acceptors (Lipinski definition) is 6. The lowest BCUT2D eigenvalue weighted by Crippen LogP contribution is -2.35. The average molecular weight is 259 g/mol. The number of nitrogens with zero attached hydrogens (tertiary/aromatic N) is 1. The van der Waals surface area contributed by atoms with Gasteiger partial charge in [-0.15, -0.1) is 0 Å². The van der Waals surface area contributed by atoms with Crippen LogP contribution in [-0.2, 0) is 19.3 Å². The zero-order valence-corrected chi connectivity index (χ0v) is 10.4. The molecule has 2 N–H and O–H groups in total. The molecule has 0 aliphatic heterocycles. The maximum Gasteiger partial charge on any atom is 0.411 e. The number of amides is 1. The van der Waals surface area contributed by atoms with Crippen LogP contribution in [-0.4, -0.2) is 56.1 Å². The Morgan fingerprint density at radius 2 is 1.88 bits per heavy atom. The van der Waals surface area contributed by atoms with Gasteiger partial charge in [-0.05, 0) is 13.8 Å². The average Bonchev–Trinajstić information content (AvgIpc) is 2.16. The summed E-state index contributed by atoms with van der Waals surface area (Å²) >= 11 is 0. The second kappa shape index (κ2) is 8.28. The number of carbonyl (C=O) groups is 1. The van der Waals surface area contributed by atoms with Gasteiger partial charge in [0.2, 0.25) is 0 Å². The lowest BCUT2D eigenvalue weighted by molar-refractivity contribution is 0.0267. The summed E-state index contributed by atoms with van der Waals surface area (Å²) in [7, 11) is -1.82. The zero-order chi connectivity index (χ0) is 13.4. The molecule has 0 heterocycles. The minimum atomic E-state index is -4.16. The Bertz CT molecular complexity index is 287. The van der Waals surface area contributed by atoms with Gasteiger partial charge in [-0.1, -0.05) is 0 Å². The molecule has 16 heavy (non-hydrogen) atoms. The lowest BCUT2D eigenvalue weighted by Gasteiger charge is -2.18. The van der Waals surface area contributed by atoms with Gasteiger partial charge in [0.15, 0.2) is 0 Å². The van der Waals surface area contributed by atoms with E-state index < -0.39 is 22.7 Å². The molecular formula is C7H17NO7S. The summed E-state index contributed by atoms with van der Waals surface area (Å²) in [5, 5.41) is 8.84. The molecule has 0 aromatic rings. The highest BCUT2D eigenvalue weighted by Gasteiger charge is 2.12. The third-order valence-electron chi connectivity index (χ3n) is 1.33. The number of hydrogen-bond donors (Lipinski definition) is 2. The van der Waals surface area contributed by atoms with Gasteiger partial charge in [0, 0.05) is 7.05 Å². The van der Waals surface area contributed by atoms with Crippen molar-refractivity contribution in [1.29, 1.82) is 0 Å². The van der Waals surface area contributed by atoms with Gasteiger partial charge in [0.1, 0.15) is 6.23 Å². The van der Waals surface area contributed by atoms with Crippen LogP contribution in [0.1, 0.15) is 13.8 Å². The summed E-state index contributed by atoms with van der Waals surface area (Å²) in [6.07, 6.45) is -1.29. The molecule has 0 bridgehead atoms. The fourth-order valence-electron chi connectivity index (χ4n) is 0.378. The van der Waals surface area contributed by atoms with E-state index in [1.807, 2.05) is 0 Å². The van der Waals surface area contributed by atoms with Crippen LogP contribution in [0.15, 0.2) is 0 Å². The van der Waals surface area contributed by atoms with E-state index >= 15 is 0 Å². The molecule has 0 saturated heterocycles. The van der Waals surface area contributed by atoms with Crippen molar-refractivity contribution >= 4 is 16.5 Å². The number of rotatable bonds is 3. The number of ether oxygens (including phenoxy) is 1. The van der Waals surface area contributed by atoms with Gasteiger partial charge in [-0.25, -0.2) is 4.79 Å². The van der Waals surface area contributed by atoms with Crippen LogP contribution in [0.25, 0.3) is 0 Å². The second-order valence-corrected chi connectivity index (χ2v) is 3.72. The van der Waals surface area contributed by atoms with E-state index in [1.165, 1.54) is 14.0 Å². The zero-order valence-electron chi connectivity index (χ0n) is 9.58. The molecule has 0 aromatic carbocycles. The van der Waals surface area contributed by atoms with Crippen molar-refractivity contribution in [1.82, 2.24) is 4.90 Å². The van der Waals surface area contributed by atoms with E-state index in [-0.39, 0.29) is 0 Å². The highest BCUT2D eigenvalue weighted by molar-refractivity contribution is 7.80. The van der Waals surface area contributed by atoms with Gasteiger partial charge in [0.05, 0.1) is 13.7 Å². The summed E-state index contributed by atoms with van der Waals surface area (Å²) in [4.78, 5) is 11.8. The summed E-state index contributed by atoms with van der Waals surface area (Å²) in [5.41, 5.74) is 0. The van der Waals surface area contributed by atoms with Crippen molar-refractivity contribution in [3.8, 4) is 0 Å². The van der Waals surface area contributed by atoms with Crippen LogP contribution < -0.4 is 0 Å². The number of aliphatic hydroxyl groups excluding tert-OH is 1. The molecule has 0 aromatic heterocycles. The molecular weight excluding hydrogens is 242 g/mol. The van der Waals surface area contributed by atoms with Crippen LogP contribution in [0.3, 0.4) is 0 Å². The minimum absolute atomic E-state index is 0.329. The monoisotopic (exact) mass is 259 g/mol. The van der Waals surface area contributed by atoms with E-state index in [1.54, 1.807) is 6.92 Å². The molecule has 1 atom stereocenters. The fraction of sp³-hybridized carbons (Fsp3) is 0.857. The van der Waals surface area contributed by atoms with Gasteiger partial charge >= 0.3 is 16.5 Å². The third-order valence-corrected chi connectivity index (χ3v) is 1.75. The van der Waals surface area contributed by atoms with E-state index in [0.29, 0.717) is 6.61 Å². The van der Waals surface area contributed by atoms with Crippen LogP contribution in [0, 0.1) is 0 Å². The Kier molecular flexibility index (Phi) is 9.05. The molecule has 1 unspecified atom stereocenters. The fourth-order valence-corrected chi connectivity index (χ4v) is 0.378. The normalized spacial score (nSPS) is 12.1. The lowest BCUT2D eigenvalue weighted by atomic mass is 10.6. The summed E-state index contributed by atoms with van der Waals surface area (Å²) in [6, 6.07) is 0. The molecule has 0 aliphatic rings. The van der Waals surface area contributed by atoms with Gasteiger partial charge in [-0.2, -0.15) is 8.42 Å². The molecule has 0 fully saturated rings. The molecule has 0 aliphatic carbocycles. The SMILES string of the molecule is CCOC(=O)N(C)C(C)O.COS(=O)(=O)O. The Morgan fingerprint density at radius 3 is 2.06 bits per heavy atom. The summed E-state index contributed by atoms with van der Waals surface area (Å²) < 4.78 is 34.3. The molecule has 0 radical (unpaired) electrons. The van der Waals surface area contributed by atoms with Crippen molar-refractivity contribution in [2.24, 2.45) is 0 Å². The Hall–Kier alpha value is -0.900. The van der Waals surface area contributed by atoms with E-state index in [2.05, 4.69) is 8.92 Å². The largest absolute Gasteiger partial charge is 0.450 e. The maximum atomic E-state index is 10.7. The predicted octanol–water partition coefficient (Wildman–Crippen LogP) is -0.151. The first-order valence-electron chi connectivity index (χ1n) is 4.26. The third kappa shape index (κ3) is 11.2. The number of aliphatic hydroxyl groups is 1. The Labute approximate surface area is 94.7 Å². The molecule has 8 nitrogen and oxygen atoms in total. The first-order valence-corrected chi connectivity index (χ1v) is 5.62. The topological polar surface area (TPSA) is 113 Å². The predicted molar refractivity (Wildman–Crippen MR) is 55.0 cm³/mol. The molecule has 0 spiro atoms. The van der Waals surface area contributed by atoms with Crippen molar-refractivity contribution in [2.75, 3.05) is 20.8 Å². The van der Waals surface area contributed by atoms with Gasteiger partial charge in [0.25, 0.3) is 0 Å². The van der Waals surface area contributed by atoms with Gasteiger partial charge in [-0.3, -0.25) is 13.6 Å². The van der Waals surface area contributed by atoms with Crippen molar-refractivity contribution < 1.29 is 31.8 Å². The van der Waals surface area contributed by atoms with Crippen LogP contribution in [0.2, 0.25) is 0 Å². The maximum absolute atomic E-state index is 10.7. The Balaban J connectivity index is 0. The highest BCUT2D eigenvalue weighted by Crippen LogP contribution is 1.93. The minimum Gasteiger partial charge on any atom is -0.450 e. The van der Waals surface area contributed by atoms with E-state index in [4.69, 9.17) is 9.66 Å². The summed E-state index contributed by atoms with van der Waals surface area (Å²) in [5.74, 6) is 0. The van der Waals surface area contributed by atoms with E-state index in [0.717, 1.165) is 12.0 Å². The van der Waals surface area contributed by atoms with Crippen molar-refractivity contribution in [3.63, 3.8) is 0 Å². The van der Waals surface area contributed by atoms with Gasteiger partial charge < -0.3 is 9.84 Å². The number of carbonyl (C=O) groups excluding carboxylic acids is 1. The van der Waals surface area contributed by atoms with Crippen LogP contribution in [0.4, 0.5) is 4.79 Å². The molecule has 0 saturated carbocycles. The first kappa shape index (κ1) is 17.5. The van der Waals surface area contributed by atoms with Crippen LogP contribution >= 0.6 is 0 Å². The second-order valence-electron chi connectivity index (χ2n) is 2.54. The van der Waals surface area contributed by atoms with Crippen LogP contribution in [0.5, 0.6) is 0 Å². The molecule has 0 rings (SSSR count). The smallest absolute Gasteiger partial charge is 0.411 e. The van der Waals surface area contributed by atoms with E-state index in [9.17, 15) is 13.2 Å². The quantitative estimate of drug-likeness (QED) is 0.535.